The predicted molar refractivity (Wildman–Crippen MR) is 293 cm³/mol. The van der Waals surface area contributed by atoms with Gasteiger partial charge in [0.25, 0.3) is 6.71 Å². The molecule has 3 heterocycles. The van der Waals surface area contributed by atoms with Crippen molar-refractivity contribution in [1.82, 2.24) is 4.57 Å². The van der Waals surface area contributed by atoms with Crippen LogP contribution >= 0.6 is 0 Å². The van der Waals surface area contributed by atoms with Gasteiger partial charge in [-0.05, 0) is 220 Å². The average molecular weight is 899 g/mol. The molecule has 1 aromatic heterocycles. The molecule has 0 N–H and O–H groups in total. The van der Waals surface area contributed by atoms with E-state index in [9.17, 15) is 2.74 Å². The van der Waals surface area contributed by atoms with Crippen LogP contribution in [0.2, 0.25) is 0 Å². The van der Waals surface area contributed by atoms with Crippen LogP contribution in [0.3, 0.4) is 0 Å². The smallest absolute Gasteiger partial charge is 0.254 e. The molecule has 0 spiro atoms. The van der Waals surface area contributed by atoms with Gasteiger partial charge in [0.1, 0.15) is 0 Å². The molecule has 0 radical (unpaired) electrons. The van der Waals surface area contributed by atoms with Crippen molar-refractivity contribution < 1.29 is 6.85 Å². The molecule has 8 aromatic carbocycles. The lowest BCUT2D eigenvalue weighted by atomic mass is 9.33. The molecule has 15 rings (SSSR count). The zero-order chi connectivity index (χ0) is 51.0. The summed E-state index contributed by atoms with van der Waals surface area (Å²) in [5.41, 5.74) is 24.3. The molecule has 4 bridgehead atoms. The van der Waals surface area contributed by atoms with Crippen LogP contribution in [0.1, 0.15) is 89.9 Å². The third-order valence-corrected chi connectivity index (χ3v) is 17.3. The summed E-state index contributed by atoms with van der Waals surface area (Å²) < 4.78 is 46.9. The number of aromatic nitrogens is 1. The van der Waals surface area contributed by atoms with Gasteiger partial charge < -0.3 is 14.4 Å². The minimum atomic E-state index is -0.393. The largest absolute Gasteiger partial charge is 0.311 e. The highest BCUT2D eigenvalue weighted by Gasteiger charge is 2.52. The van der Waals surface area contributed by atoms with E-state index in [-0.39, 0.29) is 41.9 Å². The van der Waals surface area contributed by atoms with Crippen LogP contribution in [0.15, 0.2) is 145 Å². The number of rotatable bonds is 5. The van der Waals surface area contributed by atoms with Crippen molar-refractivity contribution in [2.24, 2.45) is 17.8 Å². The van der Waals surface area contributed by atoms with E-state index < -0.39 is 6.04 Å². The molecule has 9 aromatic rings. The number of benzene rings is 8. The number of hydrogen-bond donors (Lipinski definition) is 0. The first-order chi connectivity index (χ1) is 35.6. The van der Waals surface area contributed by atoms with E-state index in [1.54, 1.807) is 0 Å². The van der Waals surface area contributed by atoms with Gasteiger partial charge in [-0.3, -0.25) is 0 Å². The summed E-state index contributed by atoms with van der Waals surface area (Å²) in [5.74, 6) is 2.57. The predicted octanol–water partition coefficient (Wildman–Crippen LogP) is 15.2. The summed E-state index contributed by atoms with van der Waals surface area (Å²) in [4.78, 5) is 4.98. The number of hydrogen-bond acceptors (Lipinski definition) is 2. The van der Waals surface area contributed by atoms with Gasteiger partial charge in [0.15, 0.2) is 0 Å². The van der Waals surface area contributed by atoms with Crippen LogP contribution in [-0.2, 0) is 5.41 Å². The van der Waals surface area contributed by atoms with Crippen molar-refractivity contribution in [1.29, 1.82) is 0 Å². The summed E-state index contributed by atoms with van der Waals surface area (Å²) in [7, 11) is 0. The number of anilines is 6. The second kappa shape index (κ2) is 14.9. The summed E-state index contributed by atoms with van der Waals surface area (Å²) in [5, 5.41) is 2.58. The second-order valence-electron chi connectivity index (χ2n) is 22.1. The Morgan fingerprint density at radius 3 is 1.67 bits per heavy atom. The van der Waals surface area contributed by atoms with E-state index in [0.29, 0.717) is 5.56 Å². The Labute approximate surface area is 415 Å². The molecular formula is C65H60BN3. The van der Waals surface area contributed by atoms with Gasteiger partial charge in [0, 0.05) is 39.2 Å². The quantitative estimate of drug-likeness (QED) is 0.160. The third kappa shape index (κ3) is 6.00. The molecule has 0 atom stereocenters. The van der Waals surface area contributed by atoms with Crippen LogP contribution in [0.25, 0.3) is 38.6 Å². The van der Waals surface area contributed by atoms with Crippen molar-refractivity contribution in [3.8, 4) is 16.8 Å². The molecule has 3 nitrogen and oxygen atoms in total. The van der Waals surface area contributed by atoms with E-state index in [0.717, 1.165) is 74.0 Å². The van der Waals surface area contributed by atoms with Gasteiger partial charge in [-0.2, -0.15) is 0 Å². The molecule has 0 unspecified atom stereocenters. The fourth-order valence-electron chi connectivity index (χ4n) is 15.5. The topological polar surface area (TPSA) is 11.4 Å². The first-order valence-corrected chi connectivity index (χ1v) is 25.4. The summed E-state index contributed by atoms with van der Waals surface area (Å²) in [6.45, 7) is 15.2. The highest BCUT2D eigenvalue weighted by molar-refractivity contribution is 7.01. The molecular weight excluding hydrogens is 834 g/mol. The molecule has 4 aliphatic carbocycles. The molecule has 4 fully saturated rings. The fraction of sp³-hybridized carbons (Fsp3) is 0.262. The first kappa shape index (κ1) is 36.2. The molecule has 4 heteroatoms. The Morgan fingerprint density at radius 2 is 1.03 bits per heavy atom. The van der Waals surface area contributed by atoms with Gasteiger partial charge in [0.05, 0.1) is 29.3 Å². The number of fused-ring (bicyclic) bond motifs is 7. The molecule has 4 saturated carbocycles. The van der Waals surface area contributed by atoms with Crippen LogP contribution in [0.5, 0.6) is 0 Å². The van der Waals surface area contributed by atoms with Crippen molar-refractivity contribution in [2.75, 3.05) is 9.80 Å². The van der Waals surface area contributed by atoms with Crippen molar-refractivity contribution in [3.05, 3.63) is 190 Å². The summed E-state index contributed by atoms with van der Waals surface area (Å²) in [6, 6.07) is 42.2. The molecule has 0 amide bonds. The van der Waals surface area contributed by atoms with E-state index in [1.807, 2.05) is 6.07 Å². The molecule has 69 heavy (non-hydrogen) atoms. The first-order valence-electron chi connectivity index (χ1n) is 27.9. The Bertz CT molecular complexity index is 3850. The Hall–Kier alpha value is -6.78. The highest BCUT2D eigenvalue weighted by atomic mass is 15.2. The van der Waals surface area contributed by atoms with Gasteiger partial charge in [0.2, 0.25) is 0 Å². The van der Waals surface area contributed by atoms with Crippen LogP contribution in [0.4, 0.5) is 34.1 Å². The van der Waals surface area contributed by atoms with Crippen LogP contribution < -0.4 is 26.2 Å². The monoisotopic (exact) mass is 899 g/mol. The SMILES string of the molecule is [2H]c1c([2H])c([2H])c(-c2ccc3c(c2)N(c2c(C)cc(C)cc2C)c2cc(C)cc4c2B3c2c(cccc2-n2c3ccccc3c3cc(C56CC7CC(CC(C7)C5)C6)ccc32)N4c2c(C)cc(C)cc2C)c([2H])c1[2H]. The molecule has 6 aliphatic rings. The Kier molecular flexibility index (Phi) is 7.81. The zero-order valence-corrected chi connectivity index (χ0v) is 40.9. The molecule has 0 saturated heterocycles. The van der Waals surface area contributed by atoms with Gasteiger partial charge in [-0.15, -0.1) is 0 Å². The van der Waals surface area contributed by atoms with Crippen molar-refractivity contribution >= 4 is 79.0 Å². The lowest BCUT2D eigenvalue weighted by Crippen LogP contribution is -2.62. The zero-order valence-electron chi connectivity index (χ0n) is 45.9. The average Bonchev–Trinajstić information content (AvgIpc) is 3.69. The van der Waals surface area contributed by atoms with Gasteiger partial charge in [-0.25, -0.2) is 0 Å². The highest BCUT2D eigenvalue weighted by Crippen LogP contribution is 2.61. The summed E-state index contributed by atoms with van der Waals surface area (Å²) >= 11 is 0. The number of aryl methyl sites for hydroxylation is 7. The van der Waals surface area contributed by atoms with E-state index in [1.165, 1.54) is 105 Å². The standard InChI is InChI=1S/C65H60BN3/c1-38-24-41(4)63(42(5)25-38)68-57-19-13-18-56(67-54-17-12-11-16-51(54)52-34-50(21-23-55(52)67)65-35-45-30-46(36-65)32-47(31-45)37-65)61(57)66-53-22-20-49(48-14-9-8-10-15-48)33-58(53)69(60-29-40(3)28-59(68)62(60)66)64-43(6)26-39(2)27-44(64)7/h8-29,33-34,45-47H,30-32,35-37H2,1-7H3/i8D,9D,10D,14D,15D. The minimum Gasteiger partial charge on any atom is -0.311 e. The van der Waals surface area contributed by atoms with Crippen LogP contribution in [-0.4, -0.2) is 11.3 Å². The maximum Gasteiger partial charge on any atom is 0.254 e. The van der Waals surface area contributed by atoms with Gasteiger partial charge >= 0.3 is 0 Å². The summed E-state index contributed by atoms with van der Waals surface area (Å²) in [6.07, 6.45) is 8.23. The fourth-order valence-corrected chi connectivity index (χ4v) is 15.5. The second-order valence-corrected chi connectivity index (χ2v) is 22.1. The lowest BCUT2D eigenvalue weighted by Gasteiger charge is -2.57. The normalized spacial score (nSPS) is 21.8. The van der Waals surface area contributed by atoms with E-state index in [2.05, 4.69) is 172 Å². The lowest BCUT2D eigenvalue weighted by molar-refractivity contribution is -0.00512. The molecule has 338 valence electrons. The van der Waals surface area contributed by atoms with Crippen molar-refractivity contribution in [3.63, 3.8) is 0 Å². The van der Waals surface area contributed by atoms with Crippen LogP contribution in [0, 0.1) is 66.2 Å². The third-order valence-electron chi connectivity index (χ3n) is 17.3. The molecule has 2 aliphatic heterocycles. The van der Waals surface area contributed by atoms with E-state index >= 15 is 0 Å². The Balaban J connectivity index is 1.09. The maximum absolute atomic E-state index is 9.19. The van der Waals surface area contributed by atoms with E-state index in [4.69, 9.17) is 4.11 Å². The number of nitrogens with zero attached hydrogens (tertiary/aromatic N) is 3. The van der Waals surface area contributed by atoms with Crippen molar-refractivity contribution in [2.45, 2.75) is 92.4 Å². The Morgan fingerprint density at radius 1 is 0.478 bits per heavy atom. The number of para-hydroxylation sites is 1. The minimum absolute atomic E-state index is 0.200. The maximum atomic E-state index is 9.19. The van der Waals surface area contributed by atoms with Gasteiger partial charge in [-0.1, -0.05) is 108 Å².